The molecule has 3 aromatic heterocycles. The first-order chi connectivity index (χ1) is 12.8. The quantitative estimate of drug-likeness (QED) is 0.469. The largest absolute Gasteiger partial charge is 0.433 e. The van der Waals surface area contributed by atoms with Gasteiger partial charge in [0.05, 0.1) is 11.9 Å². The second-order valence-electron chi connectivity index (χ2n) is 5.95. The number of nitrogens with zero attached hydrogens (tertiary/aromatic N) is 4. The Hall–Kier alpha value is -3.29. The zero-order valence-corrected chi connectivity index (χ0v) is 14.0. The van der Waals surface area contributed by atoms with Crippen LogP contribution in [0, 0.1) is 12.7 Å². The summed E-state index contributed by atoms with van der Waals surface area (Å²) in [5, 5.41) is 0. The molecule has 8 heteroatoms. The summed E-state index contributed by atoms with van der Waals surface area (Å²) in [7, 11) is 0. The number of imidazole rings is 1. The molecule has 0 saturated heterocycles. The lowest BCUT2D eigenvalue weighted by molar-refractivity contribution is -0.141. The molecule has 1 aromatic carbocycles. The smallest absolute Gasteiger partial charge is 0.284 e. The number of hydrogen-bond donors (Lipinski definition) is 0. The molecule has 0 saturated carbocycles. The van der Waals surface area contributed by atoms with Crippen LogP contribution in [0.5, 0.6) is 0 Å². The van der Waals surface area contributed by atoms with E-state index in [1.807, 2.05) is 0 Å². The van der Waals surface area contributed by atoms with Crippen molar-refractivity contribution in [2.75, 3.05) is 0 Å². The molecule has 0 bridgehead atoms. The summed E-state index contributed by atoms with van der Waals surface area (Å²) in [5.74, 6) is -0.496. The van der Waals surface area contributed by atoms with E-state index >= 15 is 0 Å². The van der Waals surface area contributed by atoms with E-state index in [2.05, 4.69) is 15.0 Å². The molecule has 0 aliphatic heterocycles. The van der Waals surface area contributed by atoms with Gasteiger partial charge in [-0.2, -0.15) is 13.2 Å². The Bertz CT molecular complexity index is 1150. The molecule has 0 radical (unpaired) electrons. The second kappa shape index (κ2) is 6.15. The van der Waals surface area contributed by atoms with Gasteiger partial charge < -0.3 is 0 Å². The Balaban J connectivity index is 1.85. The van der Waals surface area contributed by atoms with Gasteiger partial charge in [0.1, 0.15) is 11.5 Å². The highest BCUT2D eigenvalue weighted by Gasteiger charge is 2.33. The molecule has 27 heavy (non-hydrogen) atoms. The molecule has 0 amide bonds. The van der Waals surface area contributed by atoms with Crippen LogP contribution in [0.4, 0.5) is 17.6 Å². The summed E-state index contributed by atoms with van der Waals surface area (Å²) in [5.41, 5.74) is 1.76. The van der Waals surface area contributed by atoms with Crippen molar-refractivity contribution in [1.29, 1.82) is 0 Å². The molecule has 4 rings (SSSR count). The normalized spacial score (nSPS) is 11.9. The first-order valence-electron chi connectivity index (χ1n) is 7.98. The number of aryl methyl sites for hydroxylation is 1. The van der Waals surface area contributed by atoms with E-state index in [0.717, 1.165) is 6.07 Å². The van der Waals surface area contributed by atoms with Gasteiger partial charge in [-0.3, -0.25) is 9.38 Å². The first kappa shape index (κ1) is 17.1. The minimum Gasteiger partial charge on any atom is -0.284 e. The van der Waals surface area contributed by atoms with Crippen LogP contribution >= 0.6 is 0 Å². The Morgan fingerprint density at radius 3 is 2.56 bits per heavy atom. The summed E-state index contributed by atoms with van der Waals surface area (Å²) in [6.07, 6.45) is -0.259. The minimum absolute atomic E-state index is 0.0803. The minimum atomic E-state index is -4.55. The number of alkyl halides is 3. The van der Waals surface area contributed by atoms with Gasteiger partial charge in [-0.15, -0.1) is 0 Å². The fourth-order valence-electron chi connectivity index (χ4n) is 2.90. The van der Waals surface area contributed by atoms with E-state index < -0.39 is 17.7 Å². The molecular weight excluding hydrogens is 360 g/mol. The number of halogens is 4. The summed E-state index contributed by atoms with van der Waals surface area (Å²) < 4.78 is 54.3. The topological polar surface area (TPSA) is 43.1 Å². The van der Waals surface area contributed by atoms with Crippen LogP contribution in [0.25, 0.3) is 28.2 Å². The SMILES string of the molecule is Cc1ncccc1-c1cc(-c2cnc3nc(C(F)(F)F)ccn23)ccc1F. The molecule has 4 aromatic rings. The molecule has 0 spiro atoms. The Kier molecular flexibility index (Phi) is 3.91. The van der Waals surface area contributed by atoms with Gasteiger partial charge in [-0.25, -0.2) is 14.4 Å². The van der Waals surface area contributed by atoms with Crippen LogP contribution in [-0.2, 0) is 6.18 Å². The number of rotatable bonds is 2. The molecule has 0 atom stereocenters. The monoisotopic (exact) mass is 372 g/mol. The Morgan fingerprint density at radius 1 is 1.00 bits per heavy atom. The van der Waals surface area contributed by atoms with E-state index in [0.29, 0.717) is 28.1 Å². The molecule has 0 N–H and O–H groups in total. The fourth-order valence-corrected chi connectivity index (χ4v) is 2.90. The lowest BCUT2D eigenvalue weighted by atomic mass is 10.0. The second-order valence-corrected chi connectivity index (χ2v) is 5.95. The molecule has 0 fully saturated rings. The van der Waals surface area contributed by atoms with Crippen molar-refractivity contribution < 1.29 is 17.6 Å². The molecule has 136 valence electrons. The molecular formula is C19H12F4N4. The van der Waals surface area contributed by atoms with Crippen molar-refractivity contribution >= 4 is 5.78 Å². The Labute approximate surface area is 151 Å². The maximum Gasteiger partial charge on any atom is 0.433 e. The summed E-state index contributed by atoms with van der Waals surface area (Å²) in [6.45, 7) is 1.78. The van der Waals surface area contributed by atoms with E-state index in [4.69, 9.17) is 0 Å². The lowest BCUT2D eigenvalue weighted by Crippen LogP contribution is -2.09. The maximum atomic E-state index is 14.4. The van der Waals surface area contributed by atoms with Crippen LogP contribution in [0.15, 0.2) is 55.0 Å². The summed E-state index contributed by atoms with van der Waals surface area (Å²) in [4.78, 5) is 11.7. The zero-order chi connectivity index (χ0) is 19.2. The average Bonchev–Trinajstić information content (AvgIpc) is 3.05. The van der Waals surface area contributed by atoms with Gasteiger partial charge >= 0.3 is 6.18 Å². The van der Waals surface area contributed by atoms with Crippen molar-refractivity contribution in [3.63, 3.8) is 0 Å². The van der Waals surface area contributed by atoms with Crippen LogP contribution in [0.2, 0.25) is 0 Å². The highest BCUT2D eigenvalue weighted by atomic mass is 19.4. The fraction of sp³-hybridized carbons (Fsp3) is 0.105. The lowest BCUT2D eigenvalue weighted by Gasteiger charge is -2.10. The van der Waals surface area contributed by atoms with Crippen LogP contribution in [0.3, 0.4) is 0 Å². The van der Waals surface area contributed by atoms with E-state index in [1.54, 1.807) is 37.4 Å². The van der Waals surface area contributed by atoms with Gasteiger partial charge in [0.2, 0.25) is 5.78 Å². The Morgan fingerprint density at radius 2 is 1.81 bits per heavy atom. The van der Waals surface area contributed by atoms with Gasteiger partial charge in [0.25, 0.3) is 0 Å². The molecule has 3 heterocycles. The predicted octanol–water partition coefficient (Wildman–Crippen LogP) is 4.92. The van der Waals surface area contributed by atoms with Crippen LogP contribution in [0.1, 0.15) is 11.4 Å². The zero-order valence-electron chi connectivity index (χ0n) is 14.0. The van der Waals surface area contributed by atoms with Gasteiger partial charge in [0, 0.05) is 34.8 Å². The highest BCUT2D eigenvalue weighted by molar-refractivity contribution is 5.74. The van der Waals surface area contributed by atoms with E-state index in [-0.39, 0.29) is 5.78 Å². The highest BCUT2D eigenvalue weighted by Crippen LogP contribution is 2.31. The third kappa shape index (κ3) is 3.03. The van der Waals surface area contributed by atoms with E-state index in [9.17, 15) is 17.6 Å². The average molecular weight is 372 g/mol. The van der Waals surface area contributed by atoms with Crippen LogP contribution < -0.4 is 0 Å². The number of benzene rings is 1. The van der Waals surface area contributed by atoms with E-state index in [1.165, 1.54) is 22.9 Å². The first-order valence-corrected chi connectivity index (χ1v) is 7.98. The molecule has 0 aliphatic carbocycles. The number of hydrogen-bond acceptors (Lipinski definition) is 3. The number of pyridine rings is 1. The van der Waals surface area contributed by atoms with Crippen molar-refractivity contribution in [2.24, 2.45) is 0 Å². The van der Waals surface area contributed by atoms with Crippen molar-refractivity contribution in [3.05, 3.63) is 72.2 Å². The van der Waals surface area contributed by atoms with Gasteiger partial charge in [0.15, 0.2) is 0 Å². The maximum absolute atomic E-state index is 14.4. The molecule has 4 nitrogen and oxygen atoms in total. The number of fused-ring (bicyclic) bond motifs is 1. The van der Waals surface area contributed by atoms with Gasteiger partial charge in [-0.05, 0) is 37.3 Å². The number of aromatic nitrogens is 4. The molecule has 0 aliphatic rings. The van der Waals surface area contributed by atoms with Crippen molar-refractivity contribution in [3.8, 4) is 22.4 Å². The molecule has 0 unspecified atom stereocenters. The standard InChI is InChI=1S/C19H12F4N4/c1-11-13(3-2-7-24-11)14-9-12(4-5-15(14)20)16-10-25-18-26-17(19(21,22)23)6-8-27(16)18/h2-10H,1H3. The van der Waals surface area contributed by atoms with Crippen molar-refractivity contribution in [1.82, 2.24) is 19.4 Å². The van der Waals surface area contributed by atoms with Crippen molar-refractivity contribution in [2.45, 2.75) is 13.1 Å². The summed E-state index contributed by atoms with van der Waals surface area (Å²) >= 11 is 0. The third-order valence-electron chi connectivity index (χ3n) is 4.23. The predicted molar refractivity (Wildman–Crippen MR) is 91.4 cm³/mol. The summed E-state index contributed by atoms with van der Waals surface area (Å²) in [6, 6.07) is 8.84. The van der Waals surface area contributed by atoms with Gasteiger partial charge in [-0.1, -0.05) is 6.07 Å². The van der Waals surface area contributed by atoms with Crippen LogP contribution in [-0.4, -0.2) is 19.4 Å². The third-order valence-corrected chi connectivity index (χ3v) is 4.23.